The monoisotopic (exact) mass is 738 g/mol. The van der Waals surface area contributed by atoms with Gasteiger partial charge in [-0.25, -0.2) is 9.36 Å². The van der Waals surface area contributed by atoms with Crippen LogP contribution in [0.1, 0.15) is 33.6 Å². The number of azide groups is 1. The number of hydrogen-bond donors (Lipinski definition) is 2. The molecule has 0 saturated carbocycles. The molecule has 18 heteroatoms. The molecule has 42 heavy (non-hydrogen) atoms. The Morgan fingerprint density at radius 3 is 2.57 bits per heavy atom. The molecule has 1 aromatic carbocycles. The predicted molar refractivity (Wildman–Crippen MR) is 156 cm³/mol. The highest BCUT2D eigenvalue weighted by Gasteiger charge is 2.54. The smallest absolute Gasteiger partial charge is 0.459 e. The quantitative estimate of drug-likeness (QED) is 0.0722. The Labute approximate surface area is 259 Å². The molecule has 3 rings (SSSR count). The van der Waals surface area contributed by atoms with Crippen LogP contribution in [0, 0.1) is 5.92 Å². The Morgan fingerprint density at radius 1 is 1.33 bits per heavy atom. The molecule has 3 unspecified atom stereocenters. The van der Waals surface area contributed by atoms with Gasteiger partial charge in [0.15, 0.2) is 6.23 Å². The highest BCUT2D eigenvalue weighted by Crippen LogP contribution is 2.47. The zero-order valence-electron chi connectivity index (χ0n) is 23.6. The summed E-state index contributed by atoms with van der Waals surface area (Å²) in [5.74, 6) is -1.05. The van der Waals surface area contributed by atoms with Crippen molar-refractivity contribution in [3.05, 3.63) is 39.2 Å². The van der Waals surface area contributed by atoms with Crippen molar-refractivity contribution in [2.75, 3.05) is 20.8 Å². The summed E-state index contributed by atoms with van der Waals surface area (Å²) in [5.41, 5.74) is 9.19. The number of amides is 3. The maximum Gasteiger partial charge on any atom is 0.459 e. The third kappa shape index (κ3) is 8.23. The number of carbonyl (C=O) groups excluding carboxylic acids is 3. The number of imide groups is 1. The van der Waals surface area contributed by atoms with Crippen molar-refractivity contribution in [2.45, 2.75) is 68.6 Å². The van der Waals surface area contributed by atoms with Gasteiger partial charge in [-0.15, -0.1) is 0 Å². The van der Waals surface area contributed by atoms with Gasteiger partial charge in [-0.2, -0.15) is 5.09 Å². The maximum atomic E-state index is 14.1. The van der Waals surface area contributed by atoms with E-state index in [4.69, 9.17) is 23.3 Å². The Bertz CT molecular complexity index is 1250. The van der Waals surface area contributed by atoms with E-state index in [-0.39, 0.29) is 24.5 Å². The van der Waals surface area contributed by atoms with Crippen molar-refractivity contribution in [3.8, 4) is 5.75 Å². The molecule has 0 aliphatic carbocycles. The van der Waals surface area contributed by atoms with E-state index in [1.807, 2.05) is 13.8 Å². The van der Waals surface area contributed by atoms with Crippen molar-refractivity contribution in [2.24, 2.45) is 11.0 Å². The largest absolute Gasteiger partial charge is 0.468 e. The second kappa shape index (κ2) is 14.5. The van der Waals surface area contributed by atoms with Gasteiger partial charge < -0.3 is 18.7 Å². The lowest BCUT2D eigenvalue weighted by Crippen LogP contribution is -2.69. The van der Waals surface area contributed by atoms with E-state index in [0.717, 1.165) is 4.47 Å². The van der Waals surface area contributed by atoms with E-state index in [0.29, 0.717) is 0 Å². The first kappa shape index (κ1) is 34.3. The average Bonchev–Trinajstić information content (AvgIpc) is 3.32. The number of alkyl halides is 1. The maximum absolute atomic E-state index is 14.1. The van der Waals surface area contributed by atoms with Crippen molar-refractivity contribution in [3.63, 3.8) is 0 Å². The number of esters is 1. The molecule has 0 aromatic heterocycles. The number of methoxy groups -OCH3 is 2. The van der Waals surface area contributed by atoms with Gasteiger partial charge in [-0.05, 0) is 49.1 Å². The van der Waals surface area contributed by atoms with Crippen molar-refractivity contribution >= 4 is 57.5 Å². The number of benzene rings is 1. The molecule has 2 aliphatic heterocycles. The number of urea groups is 1. The minimum atomic E-state index is -4.30. The fourth-order valence-corrected chi connectivity index (χ4v) is 6.79. The zero-order chi connectivity index (χ0) is 31.2. The van der Waals surface area contributed by atoms with Crippen LogP contribution in [0.4, 0.5) is 4.79 Å². The molecular weight excluding hydrogens is 707 g/mol. The number of nitrogens with one attached hydrogen (secondary N) is 2. The summed E-state index contributed by atoms with van der Waals surface area (Å²) >= 11 is 6.64. The molecule has 0 bridgehead atoms. The minimum absolute atomic E-state index is 0.0199. The first-order valence-corrected chi connectivity index (χ1v) is 16.0. The summed E-state index contributed by atoms with van der Waals surface area (Å²) in [4.78, 5) is 41.8. The average molecular weight is 740 g/mol. The van der Waals surface area contributed by atoms with E-state index in [9.17, 15) is 24.5 Å². The van der Waals surface area contributed by atoms with Gasteiger partial charge in [0.05, 0.1) is 25.9 Å². The Balaban J connectivity index is 1.86. The molecule has 2 fully saturated rings. The molecule has 15 nitrogen and oxygen atoms in total. The predicted octanol–water partition coefficient (Wildman–Crippen LogP) is 4.60. The molecule has 0 spiro atoms. The van der Waals surface area contributed by atoms with Gasteiger partial charge in [-0.1, -0.05) is 50.8 Å². The topological polar surface area (TPSA) is 190 Å². The third-order valence-electron chi connectivity index (χ3n) is 6.51. The standard InChI is InChI=1S/C24H33Br2N6O9P/c1-13(2)10-17(20(33)37-4)30-42(36,41-15-8-6-14(25)7-9-15)39-12-18-16(29-31-27)11-19(40-18)32-22(38-5)24(3,26)21(34)28-23(32)35/h6-9,13,16-19,22H,10-12H2,1-5H3,(H,30,36)(H,28,34,35)/t16-,17-,18+,19+,22?,24?,42?/m0/s1. The number of halogens is 2. The highest BCUT2D eigenvalue weighted by molar-refractivity contribution is 9.10. The first-order valence-electron chi connectivity index (χ1n) is 12.8. The molecule has 2 aliphatic rings. The summed E-state index contributed by atoms with van der Waals surface area (Å²) in [6.07, 6.45) is -2.79. The summed E-state index contributed by atoms with van der Waals surface area (Å²) < 4.78 is 41.5. The number of ether oxygens (including phenoxy) is 3. The van der Waals surface area contributed by atoms with Crippen molar-refractivity contribution < 1.29 is 42.2 Å². The van der Waals surface area contributed by atoms with Gasteiger partial charge in [0, 0.05) is 22.9 Å². The second-order valence-electron chi connectivity index (χ2n) is 10.1. The van der Waals surface area contributed by atoms with Crippen LogP contribution < -0.4 is 14.9 Å². The van der Waals surface area contributed by atoms with Crippen LogP contribution in [0.5, 0.6) is 5.75 Å². The second-order valence-corrected chi connectivity index (χ2v) is 14.4. The SMILES string of the molecule is COC(=O)[C@H](CC(C)C)NP(=O)(OC[C@H]1O[C@@H](N2C(=O)NC(=O)C(C)(Br)C2OC)C[C@@H]1N=[N+]=[N-])Oc1ccc(Br)cc1. The van der Waals surface area contributed by atoms with E-state index in [1.54, 1.807) is 24.3 Å². The Hall–Kier alpha value is -2.23. The molecule has 2 saturated heterocycles. The van der Waals surface area contributed by atoms with Gasteiger partial charge in [0.1, 0.15) is 22.3 Å². The lowest BCUT2D eigenvalue weighted by atomic mass is 10.0. The number of nitrogens with zero attached hydrogens (tertiary/aromatic N) is 4. The van der Waals surface area contributed by atoms with Crippen LogP contribution in [0.25, 0.3) is 10.4 Å². The number of rotatable bonds is 13. The first-order chi connectivity index (χ1) is 19.7. The van der Waals surface area contributed by atoms with Crippen LogP contribution in [0.2, 0.25) is 0 Å². The number of carbonyl (C=O) groups is 3. The van der Waals surface area contributed by atoms with Crippen LogP contribution in [-0.4, -0.2) is 78.6 Å². The minimum Gasteiger partial charge on any atom is -0.468 e. The van der Waals surface area contributed by atoms with Crippen molar-refractivity contribution in [1.82, 2.24) is 15.3 Å². The summed E-state index contributed by atoms with van der Waals surface area (Å²) in [6, 6.07) is 3.79. The van der Waals surface area contributed by atoms with Gasteiger partial charge >= 0.3 is 19.7 Å². The van der Waals surface area contributed by atoms with Crippen LogP contribution in [0.15, 0.2) is 33.9 Å². The number of hydrogen-bond acceptors (Lipinski definition) is 10. The van der Waals surface area contributed by atoms with E-state index < -0.39 is 67.2 Å². The van der Waals surface area contributed by atoms with Crippen LogP contribution >= 0.6 is 39.6 Å². The van der Waals surface area contributed by atoms with Gasteiger partial charge in [-0.3, -0.25) is 24.3 Å². The van der Waals surface area contributed by atoms with E-state index >= 15 is 0 Å². The molecule has 0 radical (unpaired) electrons. The molecule has 1 aromatic rings. The fourth-order valence-electron chi connectivity index (χ4n) is 4.51. The van der Waals surface area contributed by atoms with Crippen LogP contribution in [0.3, 0.4) is 0 Å². The third-order valence-corrected chi connectivity index (χ3v) is 9.36. The molecule has 3 amide bonds. The highest BCUT2D eigenvalue weighted by atomic mass is 79.9. The lowest BCUT2D eigenvalue weighted by Gasteiger charge is -2.44. The molecule has 7 atom stereocenters. The van der Waals surface area contributed by atoms with E-state index in [1.165, 1.54) is 26.0 Å². The summed E-state index contributed by atoms with van der Waals surface area (Å²) in [6.45, 7) is 4.87. The molecular formula is C24H33Br2N6O9P. The lowest BCUT2D eigenvalue weighted by molar-refractivity contribution is -0.152. The Kier molecular flexibility index (Phi) is 11.8. The Morgan fingerprint density at radius 2 is 2.00 bits per heavy atom. The van der Waals surface area contributed by atoms with Gasteiger partial charge in [0.25, 0.3) is 0 Å². The molecule has 2 heterocycles. The zero-order valence-corrected chi connectivity index (χ0v) is 27.6. The summed E-state index contributed by atoms with van der Waals surface area (Å²) in [7, 11) is -1.75. The normalized spacial score (nSPS) is 28.0. The van der Waals surface area contributed by atoms with Gasteiger partial charge in [0.2, 0.25) is 5.91 Å². The molecule has 232 valence electrons. The molecule has 2 N–H and O–H groups in total. The van der Waals surface area contributed by atoms with Crippen molar-refractivity contribution in [1.29, 1.82) is 0 Å². The summed E-state index contributed by atoms with van der Waals surface area (Å²) in [5, 5.41) is 8.72. The fraction of sp³-hybridized carbons (Fsp3) is 0.625. The van der Waals surface area contributed by atoms with E-state index in [2.05, 4.69) is 52.3 Å². The van der Waals surface area contributed by atoms with Crippen LogP contribution in [-0.2, 0) is 32.9 Å².